The Labute approximate surface area is 351 Å². The smallest absolute Gasteiger partial charge is 0.338 e. The van der Waals surface area contributed by atoms with Gasteiger partial charge in [0, 0.05) is 63.8 Å². The van der Waals surface area contributed by atoms with Crippen molar-refractivity contribution in [3.8, 4) is 0 Å². The number of benzene rings is 2. The Morgan fingerprint density at radius 3 is 1.56 bits per heavy atom. The van der Waals surface area contributed by atoms with Gasteiger partial charge in [-0.15, -0.1) is 0 Å². The summed E-state index contributed by atoms with van der Waals surface area (Å²) in [6.45, 7) is 11.8. The molecule has 0 aromatic heterocycles. The maximum Gasteiger partial charge on any atom is 0.338 e. The molecular formula is C45H47NO15. The molecule has 6 aliphatic carbocycles. The lowest BCUT2D eigenvalue weighted by Gasteiger charge is -2.71. The standard InChI is InChI=1S/C45H47NO15/c1-20-28-31(60-41(53)26-15-11-9-12-16-26)29-36-45-34(30(46(36)8)38(57-23(4)50)44(29,37(20)56-22(3)49)35(45)32(28)55-21(2)48)43(7,19-47)39(58-24(5)51)33(40(45)59-25(6)52)61-42(54)27-17-13-10-14-18-27/h9-19,28-40H,1H2,2-8H3/t28-,29-,30-,31+,32+,33-,34+,35+,36-,37-,38+,39-,40+,43-,44-,45+/m0/s1. The van der Waals surface area contributed by atoms with Crippen LogP contribution in [0.3, 0.4) is 0 Å². The highest BCUT2D eigenvalue weighted by molar-refractivity contribution is 5.90. The predicted octanol–water partition coefficient (Wildman–Crippen LogP) is 3.05. The van der Waals surface area contributed by atoms with Crippen LogP contribution in [0.5, 0.6) is 0 Å². The molecule has 7 bridgehead atoms. The molecule has 322 valence electrons. The quantitative estimate of drug-likeness (QED) is 0.146. The van der Waals surface area contributed by atoms with Crippen molar-refractivity contribution >= 4 is 48.1 Å². The summed E-state index contributed by atoms with van der Waals surface area (Å²) in [5.41, 5.74) is -4.65. The Bertz CT molecular complexity index is 2230. The molecule has 2 aromatic rings. The Kier molecular flexibility index (Phi) is 10.0. The molecule has 2 saturated heterocycles. The normalized spacial score (nSPS) is 39.6. The van der Waals surface area contributed by atoms with Crippen LogP contribution < -0.4 is 0 Å². The molecule has 8 aliphatic rings. The highest BCUT2D eigenvalue weighted by Crippen LogP contribution is 2.86. The van der Waals surface area contributed by atoms with Crippen LogP contribution in [0.1, 0.15) is 62.3 Å². The zero-order chi connectivity index (χ0) is 44.1. The minimum atomic E-state index is -1.83. The summed E-state index contributed by atoms with van der Waals surface area (Å²) in [7, 11) is 1.72. The number of ether oxygens (including phenoxy) is 7. The van der Waals surface area contributed by atoms with E-state index in [0.717, 1.165) is 13.8 Å². The molecule has 61 heavy (non-hydrogen) atoms. The number of hydrogen-bond donors (Lipinski definition) is 0. The third kappa shape index (κ3) is 5.66. The molecule has 6 saturated carbocycles. The zero-order valence-corrected chi connectivity index (χ0v) is 34.6. The lowest BCUT2D eigenvalue weighted by molar-refractivity contribution is -0.321. The van der Waals surface area contributed by atoms with Crippen LogP contribution >= 0.6 is 0 Å². The van der Waals surface area contributed by atoms with Gasteiger partial charge >= 0.3 is 41.8 Å². The molecule has 0 amide bonds. The van der Waals surface area contributed by atoms with Crippen molar-refractivity contribution in [2.45, 2.75) is 96.4 Å². The first kappa shape index (κ1) is 41.8. The number of carbonyl (C=O) groups excluding carboxylic acids is 8. The highest BCUT2D eigenvalue weighted by Gasteiger charge is 2.97. The van der Waals surface area contributed by atoms with Crippen molar-refractivity contribution in [3.05, 3.63) is 83.9 Å². The van der Waals surface area contributed by atoms with E-state index in [1.807, 2.05) is 4.90 Å². The highest BCUT2D eigenvalue weighted by atomic mass is 16.6. The van der Waals surface area contributed by atoms with E-state index >= 15 is 0 Å². The van der Waals surface area contributed by atoms with Gasteiger partial charge < -0.3 is 38.0 Å². The van der Waals surface area contributed by atoms with Crippen LogP contribution in [0, 0.1) is 39.9 Å². The first-order valence-corrected chi connectivity index (χ1v) is 20.1. The van der Waals surface area contributed by atoms with Crippen molar-refractivity contribution in [1.29, 1.82) is 0 Å². The summed E-state index contributed by atoms with van der Waals surface area (Å²) < 4.78 is 44.3. The number of rotatable bonds is 10. The second kappa shape index (κ2) is 14.6. The third-order valence-electron chi connectivity index (χ3n) is 14.3. The lowest BCUT2D eigenvalue weighted by Crippen LogP contribution is -2.83. The molecular weight excluding hydrogens is 794 g/mol. The van der Waals surface area contributed by atoms with Crippen LogP contribution in [-0.2, 0) is 61.9 Å². The second-order valence-electron chi connectivity index (χ2n) is 17.3. The van der Waals surface area contributed by atoms with Crippen molar-refractivity contribution in [3.63, 3.8) is 0 Å². The van der Waals surface area contributed by atoms with Gasteiger partial charge in [-0.25, -0.2) is 9.59 Å². The molecule has 2 aliphatic heterocycles. The minimum absolute atomic E-state index is 0.0932. The fourth-order valence-corrected chi connectivity index (χ4v) is 13.3. The summed E-state index contributed by atoms with van der Waals surface area (Å²) in [6.07, 6.45) is -9.44. The maximum absolute atomic E-state index is 14.2. The maximum atomic E-state index is 14.2. The number of fused-ring (bicyclic) bond motifs is 1. The van der Waals surface area contributed by atoms with Crippen LogP contribution in [0.4, 0.5) is 0 Å². The summed E-state index contributed by atoms with van der Waals surface area (Å²) in [4.78, 5) is 111. The molecule has 16 nitrogen and oxygen atoms in total. The van der Waals surface area contributed by atoms with Gasteiger partial charge in [-0.05, 0) is 43.8 Å². The number of aldehydes is 1. The molecule has 10 rings (SSSR count). The number of hydrogen-bond acceptors (Lipinski definition) is 16. The van der Waals surface area contributed by atoms with Crippen LogP contribution in [0.15, 0.2) is 72.8 Å². The van der Waals surface area contributed by atoms with E-state index in [2.05, 4.69) is 6.58 Å². The topological polar surface area (TPSA) is 204 Å². The largest absolute Gasteiger partial charge is 0.461 e. The van der Waals surface area contributed by atoms with Gasteiger partial charge in [0.25, 0.3) is 0 Å². The predicted molar refractivity (Wildman–Crippen MR) is 207 cm³/mol. The minimum Gasteiger partial charge on any atom is -0.461 e. The van der Waals surface area contributed by atoms with E-state index in [1.54, 1.807) is 55.6 Å². The van der Waals surface area contributed by atoms with E-state index in [4.69, 9.17) is 33.2 Å². The molecule has 2 aromatic carbocycles. The summed E-state index contributed by atoms with van der Waals surface area (Å²) >= 11 is 0. The van der Waals surface area contributed by atoms with Crippen LogP contribution in [-0.4, -0.2) is 115 Å². The molecule has 2 spiro atoms. The number of piperidine rings is 1. The summed E-state index contributed by atoms with van der Waals surface area (Å²) in [5, 5.41) is 0. The molecule has 16 heteroatoms. The van der Waals surface area contributed by atoms with E-state index < -0.39 is 137 Å². The fraction of sp³-hybridized carbons (Fsp3) is 0.511. The van der Waals surface area contributed by atoms with Crippen molar-refractivity contribution in [2.24, 2.45) is 39.9 Å². The molecule has 0 N–H and O–H groups in total. The van der Waals surface area contributed by atoms with Crippen LogP contribution in [0.2, 0.25) is 0 Å². The van der Waals surface area contributed by atoms with E-state index in [0.29, 0.717) is 6.29 Å². The second-order valence-corrected chi connectivity index (χ2v) is 17.3. The summed E-state index contributed by atoms with van der Waals surface area (Å²) in [5.74, 6) is -9.91. The van der Waals surface area contributed by atoms with Crippen LogP contribution in [0.25, 0.3) is 0 Å². The molecule has 8 fully saturated rings. The lowest BCUT2D eigenvalue weighted by atomic mass is 9.36. The Hall–Kier alpha value is -5.90. The average Bonchev–Trinajstić information content (AvgIpc) is 3.52. The third-order valence-corrected chi connectivity index (χ3v) is 14.3. The molecule has 0 unspecified atom stereocenters. The monoisotopic (exact) mass is 841 g/mol. The van der Waals surface area contributed by atoms with Gasteiger partial charge in [-0.2, -0.15) is 0 Å². The van der Waals surface area contributed by atoms with Gasteiger partial charge in [0.15, 0.2) is 18.3 Å². The Morgan fingerprint density at radius 1 is 0.590 bits per heavy atom. The van der Waals surface area contributed by atoms with Crippen molar-refractivity contribution in [2.75, 3.05) is 7.05 Å². The van der Waals surface area contributed by atoms with E-state index in [1.165, 1.54) is 39.8 Å². The van der Waals surface area contributed by atoms with Crippen molar-refractivity contribution < 1.29 is 71.5 Å². The number of nitrogens with zero attached hydrogens (tertiary/aromatic N) is 1. The number of carbonyl (C=O) groups is 8. The van der Waals surface area contributed by atoms with Gasteiger partial charge in [-0.1, -0.05) is 43.0 Å². The van der Waals surface area contributed by atoms with Gasteiger partial charge in [0.1, 0.15) is 30.7 Å². The number of likely N-dealkylation sites (N-methyl/N-ethyl adjacent to an activating group) is 1. The van der Waals surface area contributed by atoms with Gasteiger partial charge in [0.05, 0.1) is 33.9 Å². The SMILES string of the molecule is C=C1[C@H]2[C@@H](OC(=O)c3ccccc3)[C@H]3[C@@H]4N(C)[C@@H]5[C@@H](OC(C)=O)[C@@]3([C@@H]([C@@H]2OC(C)=O)[C@@]42[C@H](OC(C)=O)[C@@H](OC(=O)c3ccccc3)[C@H](OC(C)=O)[C@@](C)(C=O)[C@@H]52)[C@H]1OC(C)=O. The summed E-state index contributed by atoms with van der Waals surface area (Å²) in [6, 6.07) is 14.1. The van der Waals surface area contributed by atoms with Gasteiger partial charge in [0.2, 0.25) is 0 Å². The Morgan fingerprint density at radius 2 is 1.07 bits per heavy atom. The number of esters is 7. The molecule has 16 atom stereocenters. The first-order chi connectivity index (χ1) is 28.9. The first-order valence-electron chi connectivity index (χ1n) is 20.1. The van der Waals surface area contributed by atoms with Crippen molar-refractivity contribution in [1.82, 2.24) is 4.90 Å². The average molecular weight is 842 g/mol. The van der Waals surface area contributed by atoms with E-state index in [-0.39, 0.29) is 16.7 Å². The fourth-order valence-electron chi connectivity index (χ4n) is 13.3. The zero-order valence-electron chi connectivity index (χ0n) is 34.6. The van der Waals surface area contributed by atoms with Gasteiger partial charge in [-0.3, -0.25) is 28.9 Å². The Balaban J connectivity index is 1.48. The molecule has 0 radical (unpaired) electrons. The molecule has 2 heterocycles. The van der Waals surface area contributed by atoms with E-state index in [9.17, 15) is 38.4 Å².